The van der Waals surface area contributed by atoms with E-state index >= 15 is 0 Å². The van der Waals surface area contributed by atoms with Gasteiger partial charge in [0.15, 0.2) is 5.96 Å². The number of ether oxygens (including phenoxy) is 1. The van der Waals surface area contributed by atoms with Crippen molar-refractivity contribution in [3.8, 4) is 0 Å². The first-order valence-electron chi connectivity index (χ1n) is 9.44. The van der Waals surface area contributed by atoms with Crippen molar-refractivity contribution in [2.45, 2.75) is 31.8 Å². The lowest BCUT2D eigenvalue weighted by Crippen LogP contribution is -2.36. The van der Waals surface area contributed by atoms with Gasteiger partial charge >= 0.3 is 0 Å². The van der Waals surface area contributed by atoms with E-state index in [4.69, 9.17) is 4.74 Å². The summed E-state index contributed by atoms with van der Waals surface area (Å²) in [5.74, 6) is 0.683. The van der Waals surface area contributed by atoms with Gasteiger partial charge in [-0.05, 0) is 42.7 Å². The van der Waals surface area contributed by atoms with Crippen molar-refractivity contribution in [1.29, 1.82) is 0 Å². The van der Waals surface area contributed by atoms with E-state index in [0.29, 0.717) is 25.7 Å². The average Bonchev–Trinajstić information content (AvgIpc) is 2.70. The third kappa shape index (κ3) is 8.21. The largest absolute Gasteiger partial charge is 0.383 e. The zero-order chi connectivity index (χ0) is 21.3. The van der Waals surface area contributed by atoms with Gasteiger partial charge in [0.05, 0.1) is 11.5 Å². The Kier molecular flexibility index (Phi) is 11.3. The van der Waals surface area contributed by atoms with E-state index in [1.807, 2.05) is 0 Å². The second-order valence-corrected chi connectivity index (χ2v) is 8.51. The Balaban J connectivity index is 0.00000450. The summed E-state index contributed by atoms with van der Waals surface area (Å²) in [6.45, 7) is 5.96. The SMILES string of the molecule is CN=C(NCc1ccc(S(=O)(=O)NCCOC)cc1)NCc1ccc(C)cc1C.I. The number of halogens is 1. The fraction of sp³-hybridized carbons (Fsp3) is 0.381. The summed E-state index contributed by atoms with van der Waals surface area (Å²) in [6, 6.07) is 13.1. The molecule has 3 N–H and O–H groups in total. The van der Waals surface area contributed by atoms with Gasteiger partial charge in [0, 0.05) is 33.8 Å². The number of guanidine groups is 1. The predicted octanol–water partition coefficient (Wildman–Crippen LogP) is 2.71. The van der Waals surface area contributed by atoms with Crippen molar-refractivity contribution in [1.82, 2.24) is 15.4 Å². The molecule has 0 saturated heterocycles. The van der Waals surface area contributed by atoms with Crippen LogP contribution in [0.15, 0.2) is 52.4 Å². The van der Waals surface area contributed by atoms with Crippen LogP contribution in [-0.2, 0) is 27.8 Å². The van der Waals surface area contributed by atoms with Crippen molar-refractivity contribution in [3.63, 3.8) is 0 Å². The average molecular weight is 546 g/mol. The lowest BCUT2D eigenvalue weighted by molar-refractivity contribution is 0.204. The maximum Gasteiger partial charge on any atom is 0.240 e. The van der Waals surface area contributed by atoms with Crippen molar-refractivity contribution < 1.29 is 13.2 Å². The smallest absolute Gasteiger partial charge is 0.240 e. The first-order chi connectivity index (χ1) is 13.9. The molecule has 30 heavy (non-hydrogen) atoms. The molecule has 2 aromatic rings. The van der Waals surface area contributed by atoms with E-state index in [-0.39, 0.29) is 35.4 Å². The molecule has 0 aliphatic rings. The van der Waals surface area contributed by atoms with Gasteiger partial charge < -0.3 is 15.4 Å². The van der Waals surface area contributed by atoms with Crippen molar-refractivity contribution >= 4 is 40.0 Å². The second kappa shape index (κ2) is 12.9. The summed E-state index contributed by atoms with van der Waals surface area (Å²) in [5, 5.41) is 6.55. The normalized spacial score (nSPS) is 11.7. The first kappa shape index (κ1) is 26.3. The number of nitrogens with zero attached hydrogens (tertiary/aromatic N) is 1. The monoisotopic (exact) mass is 546 g/mol. The van der Waals surface area contributed by atoms with Gasteiger partial charge in [0.1, 0.15) is 0 Å². The highest BCUT2D eigenvalue weighted by atomic mass is 127. The Morgan fingerprint density at radius 1 is 1.03 bits per heavy atom. The summed E-state index contributed by atoms with van der Waals surface area (Å²) in [4.78, 5) is 4.47. The van der Waals surface area contributed by atoms with Gasteiger partial charge in [-0.1, -0.05) is 35.9 Å². The summed E-state index contributed by atoms with van der Waals surface area (Å²) in [5.41, 5.74) is 4.65. The molecule has 0 atom stereocenters. The molecule has 2 aromatic carbocycles. The van der Waals surface area contributed by atoms with Crippen LogP contribution in [0.1, 0.15) is 22.3 Å². The summed E-state index contributed by atoms with van der Waals surface area (Å²) < 4.78 is 31.7. The molecule has 0 radical (unpaired) electrons. The number of aryl methyl sites for hydroxylation is 2. The molecule has 166 valence electrons. The lowest BCUT2D eigenvalue weighted by atomic mass is 10.1. The highest BCUT2D eigenvalue weighted by Gasteiger charge is 2.13. The molecular weight excluding hydrogens is 515 g/mol. The van der Waals surface area contributed by atoms with Crippen molar-refractivity contribution in [3.05, 3.63) is 64.7 Å². The Morgan fingerprint density at radius 2 is 1.70 bits per heavy atom. The molecule has 0 fully saturated rings. The molecule has 7 nitrogen and oxygen atoms in total. The molecular formula is C21H31IN4O3S. The fourth-order valence-corrected chi connectivity index (χ4v) is 3.79. The van der Waals surface area contributed by atoms with Crippen LogP contribution >= 0.6 is 24.0 Å². The molecule has 0 amide bonds. The number of aliphatic imine (C=N–C) groups is 1. The number of sulfonamides is 1. The zero-order valence-corrected chi connectivity index (χ0v) is 21.0. The highest BCUT2D eigenvalue weighted by molar-refractivity contribution is 14.0. The summed E-state index contributed by atoms with van der Waals surface area (Å²) >= 11 is 0. The number of rotatable bonds is 9. The standard InChI is InChI=1S/C21H30N4O3S.HI/c1-16-5-8-19(17(2)13-16)15-24-21(22-3)23-14-18-6-9-20(10-7-18)29(26,27)25-11-12-28-4;/h5-10,13,25H,11-12,14-15H2,1-4H3,(H2,22,23,24);1H. The number of hydrogen-bond acceptors (Lipinski definition) is 4. The first-order valence-corrected chi connectivity index (χ1v) is 10.9. The van der Waals surface area contributed by atoms with Crippen LogP contribution in [0.4, 0.5) is 0 Å². The second-order valence-electron chi connectivity index (χ2n) is 6.74. The van der Waals surface area contributed by atoms with E-state index in [1.165, 1.54) is 23.8 Å². The molecule has 0 unspecified atom stereocenters. The Bertz CT molecular complexity index is 932. The van der Waals surface area contributed by atoms with E-state index in [0.717, 1.165) is 5.56 Å². The molecule has 0 heterocycles. The highest BCUT2D eigenvalue weighted by Crippen LogP contribution is 2.11. The third-order valence-corrected chi connectivity index (χ3v) is 5.94. The Labute approximate surface area is 196 Å². The van der Waals surface area contributed by atoms with E-state index < -0.39 is 10.0 Å². The number of methoxy groups -OCH3 is 1. The van der Waals surface area contributed by atoms with Crippen LogP contribution in [0.5, 0.6) is 0 Å². The van der Waals surface area contributed by atoms with Crippen LogP contribution in [0.3, 0.4) is 0 Å². The summed E-state index contributed by atoms with van der Waals surface area (Å²) in [7, 11) is -0.269. The zero-order valence-electron chi connectivity index (χ0n) is 17.9. The summed E-state index contributed by atoms with van der Waals surface area (Å²) in [6.07, 6.45) is 0. The van der Waals surface area contributed by atoms with Gasteiger partial charge in [0.25, 0.3) is 0 Å². The van der Waals surface area contributed by atoms with Crippen LogP contribution in [-0.4, -0.2) is 41.7 Å². The molecule has 0 aromatic heterocycles. The number of nitrogens with one attached hydrogen (secondary N) is 3. The van der Waals surface area contributed by atoms with Crippen molar-refractivity contribution in [2.75, 3.05) is 27.3 Å². The fourth-order valence-electron chi connectivity index (χ4n) is 2.78. The van der Waals surface area contributed by atoms with Gasteiger partial charge in [-0.2, -0.15) is 0 Å². The van der Waals surface area contributed by atoms with Gasteiger partial charge in [-0.3, -0.25) is 4.99 Å². The maximum atomic E-state index is 12.2. The van der Waals surface area contributed by atoms with E-state index in [9.17, 15) is 8.42 Å². The number of benzene rings is 2. The van der Waals surface area contributed by atoms with E-state index in [2.05, 4.69) is 52.4 Å². The minimum absolute atomic E-state index is 0. The Morgan fingerprint density at radius 3 is 2.30 bits per heavy atom. The maximum absolute atomic E-state index is 12.2. The van der Waals surface area contributed by atoms with Gasteiger partial charge in [-0.15, -0.1) is 24.0 Å². The molecule has 9 heteroatoms. The van der Waals surface area contributed by atoms with E-state index in [1.54, 1.807) is 31.3 Å². The lowest BCUT2D eigenvalue weighted by Gasteiger charge is -2.14. The topological polar surface area (TPSA) is 91.8 Å². The third-order valence-electron chi connectivity index (χ3n) is 4.46. The van der Waals surface area contributed by atoms with Gasteiger partial charge in [-0.25, -0.2) is 13.1 Å². The van der Waals surface area contributed by atoms with Crippen LogP contribution in [0, 0.1) is 13.8 Å². The van der Waals surface area contributed by atoms with Gasteiger partial charge in [0.2, 0.25) is 10.0 Å². The molecule has 0 saturated carbocycles. The number of hydrogen-bond donors (Lipinski definition) is 3. The minimum atomic E-state index is -3.52. The molecule has 0 bridgehead atoms. The van der Waals surface area contributed by atoms with Crippen LogP contribution < -0.4 is 15.4 Å². The van der Waals surface area contributed by atoms with Crippen LogP contribution in [0.2, 0.25) is 0 Å². The minimum Gasteiger partial charge on any atom is -0.383 e. The molecule has 0 aliphatic heterocycles. The van der Waals surface area contributed by atoms with Crippen molar-refractivity contribution in [2.24, 2.45) is 4.99 Å². The molecule has 2 rings (SSSR count). The van der Waals surface area contributed by atoms with Crippen LogP contribution in [0.25, 0.3) is 0 Å². The Hall–Kier alpha value is -1.69. The predicted molar refractivity (Wildman–Crippen MR) is 132 cm³/mol. The quantitative estimate of drug-likeness (QED) is 0.195. The molecule has 0 aliphatic carbocycles. The molecule has 0 spiro atoms.